The first-order valence-electron chi connectivity index (χ1n) is 8.43. The van der Waals surface area contributed by atoms with Crippen LogP contribution in [0.3, 0.4) is 0 Å². The fourth-order valence-corrected chi connectivity index (χ4v) is 3.27. The van der Waals surface area contributed by atoms with Gasteiger partial charge in [-0.05, 0) is 52.4 Å². The van der Waals surface area contributed by atoms with Gasteiger partial charge >= 0.3 is 11.7 Å². The van der Waals surface area contributed by atoms with Crippen molar-refractivity contribution in [3.05, 3.63) is 95.6 Å². The Morgan fingerprint density at radius 3 is 2.45 bits per heavy atom. The van der Waals surface area contributed by atoms with Crippen LogP contribution in [0.4, 0.5) is 8.78 Å². The third kappa shape index (κ3) is 4.29. The van der Waals surface area contributed by atoms with Crippen LogP contribution in [-0.4, -0.2) is 15.1 Å². The molecule has 0 saturated carbocycles. The normalized spacial score (nSPS) is 10.8. The van der Waals surface area contributed by atoms with E-state index < -0.39 is 35.4 Å². The van der Waals surface area contributed by atoms with Crippen LogP contribution in [-0.2, 0) is 20.3 Å². The second-order valence-corrected chi connectivity index (χ2v) is 7.38. The van der Waals surface area contributed by atoms with Crippen LogP contribution in [0.2, 0.25) is 0 Å². The number of halogens is 3. The number of aromatic nitrogens is 2. The van der Waals surface area contributed by atoms with E-state index in [9.17, 15) is 23.2 Å². The van der Waals surface area contributed by atoms with Crippen LogP contribution in [0.5, 0.6) is 5.75 Å². The third-order valence-electron chi connectivity index (χ3n) is 4.30. The second kappa shape index (κ2) is 8.68. The minimum Gasteiger partial charge on any atom is -0.423 e. The molecule has 0 atom stereocenters. The SMILES string of the molecule is Cn1c(=O)c(C(=O)Oc2ccccc2)c(Cc2ccc(I)cc2F)n(CF)c1=O. The minimum absolute atomic E-state index is 0.106. The summed E-state index contributed by atoms with van der Waals surface area (Å²) in [4.78, 5) is 37.8. The highest BCUT2D eigenvalue weighted by atomic mass is 127. The van der Waals surface area contributed by atoms with Gasteiger partial charge in [-0.15, -0.1) is 0 Å². The van der Waals surface area contributed by atoms with Crippen LogP contribution in [0.1, 0.15) is 21.6 Å². The van der Waals surface area contributed by atoms with E-state index in [2.05, 4.69) is 0 Å². The smallest absolute Gasteiger partial charge is 0.351 e. The quantitative estimate of drug-likeness (QED) is 0.300. The van der Waals surface area contributed by atoms with E-state index in [1.807, 2.05) is 22.6 Å². The molecule has 2 aromatic carbocycles. The van der Waals surface area contributed by atoms with Gasteiger partial charge in [-0.25, -0.2) is 18.4 Å². The number of esters is 1. The molecule has 0 spiro atoms. The number of rotatable bonds is 5. The van der Waals surface area contributed by atoms with E-state index in [-0.39, 0.29) is 23.4 Å². The highest BCUT2D eigenvalue weighted by molar-refractivity contribution is 14.1. The average Bonchev–Trinajstić information content (AvgIpc) is 2.69. The molecule has 6 nitrogen and oxygen atoms in total. The van der Waals surface area contributed by atoms with E-state index >= 15 is 0 Å². The maximum Gasteiger partial charge on any atom is 0.351 e. The highest BCUT2D eigenvalue weighted by Crippen LogP contribution is 2.19. The van der Waals surface area contributed by atoms with Crippen molar-refractivity contribution >= 4 is 28.6 Å². The van der Waals surface area contributed by atoms with Gasteiger partial charge in [-0.2, -0.15) is 0 Å². The van der Waals surface area contributed by atoms with Gasteiger partial charge in [0.15, 0.2) is 6.80 Å². The monoisotopic (exact) mass is 512 g/mol. The van der Waals surface area contributed by atoms with Crippen LogP contribution < -0.4 is 16.0 Å². The number of hydrogen-bond acceptors (Lipinski definition) is 4. The van der Waals surface area contributed by atoms with Crippen molar-refractivity contribution in [2.75, 3.05) is 0 Å². The summed E-state index contributed by atoms with van der Waals surface area (Å²) in [7, 11) is 1.13. The average molecular weight is 512 g/mol. The van der Waals surface area contributed by atoms with Crippen molar-refractivity contribution in [1.29, 1.82) is 0 Å². The van der Waals surface area contributed by atoms with Crippen molar-refractivity contribution in [3.63, 3.8) is 0 Å². The van der Waals surface area contributed by atoms with Crippen LogP contribution in [0.15, 0.2) is 58.1 Å². The Bertz CT molecular complexity index is 1190. The van der Waals surface area contributed by atoms with Gasteiger partial charge in [0.1, 0.15) is 17.1 Å². The molecule has 0 aliphatic carbocycles. The summed E-state index contributed by atoms with van der Waals surface area (Å²) in [6.07, 6.45) is -0.336. The number of nitrogens with zero attached hydrogens (tertiary/aromatic N) is 2. The van der Waals surface area contributed by atoms with Crippen LogP contribution in [0.25, 0.3) is 0 Å². The third-order valence-corrected chi connectivity index (χ3v) is 4.97. The topological polar surface area (TPSA) is 70.3 Å². The summed E-state index contributed by atoms with van der Waals surface area (Å²) in [5.41, 5.74) is -2.56. The Hall–Kier alpha value is -2.82. The molecule has 0 aliphatic rings. The van der Waals surface area contributed by atoms with Crippen molar-refractivity contribution in [3.8, 4) is 5.75 Å². The molecule has 0 bridgehead atoms. The van der Waals surface area contributed by atoms with E-state index in [4.69, 9.17) is 4.74 Å². The molecule has 0 aliphatic heterocycles. The Labute approximate surface area is 177 Å². The molecule has 150 valence electrons. The summed E-state index contributed by atoms with van der Waals surface area (Å²) in [5.74, 6) is -1.48. The standard InChI is InChI=1S/C20H15F2IN2O4/c1-24-18(26)17(19(27)29-14-5-3-2-4-6-14)16(25(11-21)20(24)28)9-12-7-8-13(23)10-15(12)22/h2-8,10H,9,11H2,1H3. The molecule has 29 heavy (non-hydrogen) atoms. The molecule has 0 fully saturated rings. The largest absolute Gasteiger partial charge is 0.423 e. The first-order valence-corrected chi connectivity index (χ1v) is 9.51. The lowest BCUT2D eigenvalue weighted by Crippen LogP contribution is -2.43. The first-order chi connectivity index (χ1) is 13.8. The molecule has 0 saturated heterocycles. The van der Waals surface area contributed by atoms with Crippen molar-refractivity contribution in [2.45, 2.75) is 13.2 Å². The van der Waals surface area contributed by atoms with Crippen molar-refractivity contribution in [2.24, 2.45) is 7.05 Å². The fourth-order valence-electron chi connectivity index (χ4n) is 2.81. The highest BCUT2D eigenvalue weighted by Gasteiger charge is 2.25. The molecule has 9 heteroatoms. The van der Waals surface area contributed by atoms with E-state index in [0.29, 0.717) is 12.7 Å². The molecular formula is C20H15F2IN2O4. The number of hydrogen-bond donors (Lipinski definition) is 0. The first kappa shape index (κ1) is 20.9. The maximum absolute atomic E-state index is 14.3. The number of carbonyl (C=O) groups is 1. The molecule has 0 radical (unpaired) electrons. The molecule has 1 aromatic heterocycles. The predicted molar refractivity (Wildman–Crippen MR) is 110 cm³/mol. The van der Waals surface area contributed by atoms with Crippen molar-refractivity contribution < 1.29 is 18.3 Å². The fraction of sp³-hybridized carbons (Fsp3) is 0.150. The molecule has 0 amide bonds. The number of alkyl halides is 1. The molecule has 1 heterocycles. The summed E-state index contributed by atoms with van der Waals surface area (Å²) in [6.45, 7) is -1.29. The maximum atomic E-state index is 14.3. The summed E-state index contributed by atoms with van der Waals surface area (Å²) < 4.78 is 35.1. The summed E-state index contributed by atoms with van der Waals surface area (Å²) >= 11 is 1.93. The lowest BCUT2D eigenvalue weighted by atomic mass is 10.0. The van der Waals surface area contributed by atoms with Gasteiger partial charge in [0.05, 0.1) is 0 Å². The number of benzene rings is 2. The Morgan fingerprint density at radius 1 is 1.14 bits per heavy atom. The predicted octanol–water partition coefficient (Wildman–Crippen LogP) is 3.03. The molecular weight excluding hydrogens is 497 g/mol. The number of carbonyl (C=O) groups excluding carboxylic acids is 1. The number of para-hydroxylation sites is 1. The lowest BCUT2D eigenvalue weighted by Gasteiger charge is -2.16. The van der Waals surface area contributed by atoms with Crippen molar-refractivity contribution in [1.82, 2.24) is 9.13 Å². The Kier molecular flexibility index (Phi) is 6.26. The lowest BCUT2D eigenvalue weighted by molar-refractivity contribution is 0.0729. The molecule has 3 aromatic rings. The molecule has 3 rings (SSSR count). The number of ether oxygens (including phenoxy) is 1. The van der Waals surface area contributed by atoms with E-state index in [1.54, 1.807) is 24.3 Å². The zero-order chi connectivity index (χ0) is 21.1. The Balaban J connectivity index is 2.18. The summed E-state index contributed by atoms with van der Waals surface area (Å²) in [6, 6.07) is 12.3. The zero-order valence-corrected chi connectivity index (χ0v) is 17.4. The van der Waals surface area contributed by atoms with E-state index in [0.717, 1.165) is 7.05 Å². The van der Waals surface area contributed by atoms with Gasteiger partial charge < -0.3 is 4.74 Å². The van der Waals surface area contributed by atoms with Gasteiger partial charge in [0, 0.05) is 22.7 Å². The second-order valence-electron chi connectivity index (χ2n) is 6.13. The van der Waals surface area contributed by atoms with Gasteiger partial charge in [-0.3, -0.25) is 13.9 Å². The van der Waals surface area contributed by atoms with Crippen LogP contribution in [0, 0.1) is 9.39 Å². The minimum atomic E-state index is -1.29. The van der Waals surface area contributed by atoms with Crippen LogP contribution >= 0.6 is 22.6 Å². The zero-order valence-electron chi connectivity index (χ0n) is 15.2. The van der Waals surface area contributed by atoms with Gasteiger partial charge in [0.25, 0.3) is 5.56 Å². The summed E-state index contributed by atoms with van der Waals surface area (Å²) in [5, 5.41) is 0. The molecule has 0 unspecified atom stereocenters. The van der Waals surface area contributed by atoms with Gasteiger partial charge in [0.2, 0.25) is 0 Å². The Morgan fingerprint density at radius 2 is 1.83 bits per heavy atom. The molecule has 0 N–H and O–H groups in total. The van der Waals surface area contributed by atoms with Gasteiger partial charge in [-0.1, -0.05) is 24.3 Å². The van der Waals surface area contributed by atoms with E-state index in [1.165, 1.54) is 24.3 Å².